The van der Waals surface area contributed by atoms with Gasteiger partial charge in [0.1, 0.15) is 18.1 Å². The smallest absolute Gasteiger partial charge is 0.249 e. The van der Waals surface area contributed by atoms with Crippen LogP contribution in [-0.2, 0) is 16.1 Å². The maximum absolute atomic E-state index is 14.1. The number of ether oxygens (including phenoxy) is 2. The predicted molar refractivity (Wildman–Crippen MR) is 144 cm³/mol. The number of aromatic nitrogens is 4. The van der Waals surface area contributed by atoms with Crippen molar-refractivity contribution < 1.29 is 19.1 Å². The van der Waals surface area contributed by atoms with E-state index < -0.39 is 11.6 Å². The molecule has 10 nitrogen and oxygen atoms in total. The topological polar surface area (TPSA) is 111 Å². The van der Waals surface area contributed by atoms with Crippen LogP contribution in [0.25, 0.3) is 11.0 Å². The van der Waals surface area contributed by atoms with Gasteiger partial charge in [0.05, 0.1) is 19.7 Å². The Morgan fingerprint density at radius 1 is 1.03 bits per heavy atom. The third kappa shape index (κ3) is 5.59. The van der Waals surface area contributed by atoms with Crippen LogP contribution in [0.15, 0.2) is 67.0 Å². The van der Waals surface area contributed by atoms with Crippen LogP contribution < -0.4 is 19.7 Å². The van der Waals surface area contributed by atoms with Gasteiger partial charge in [0.25, 0.3) is 0 Å². The Balaban J connectivity index is 1.85. The average Bonchev–Trinajstić information content (AvgIpc) is 3.33. The van der Waals surface area contributed by atoms with Crippen molar-refractivity contribution in [1.82, 2.24) is 25.3 Å². The third-order valence-corrected chi connectivity index (χ3v) is 6.49. The number of anilines is 1. The van der Waals surface area contributed by atoms with E-state index in [1.54, 1.807) is 42.7 Å². The van der Waals surface area contributed by atoms with Gasteiger partial charge in [0.15, 0.2) is 11.5 Å². The lowest BCUT2D eigenvalue weighted by atomic mass is 9.98. The zero-order chi connectivity index (χ0) is 27.3. The number of amides is 2. The lowest BCUT2D eigenvalue weighted by molar-refractivity contribution is -0.128. The molecule has 0 aliphatic carbocycles. The zero-order valence-electron chi connectivity index (χ0n) is 22.2. The molecule has 0 radical (unpaired) electrons. The predicted octanol–water partition coefficient (Wildman–Crippen LogP) is 3.92. The Morgan fingerprint density at radius 3 is 2.42 bits per heavy atom. The van der Waals surface area contributed by atoms with Crippen molar-refractivity contribution in [1.29, 1.82) is 0 Å². The fourth-order valence-corrected chi connectivity index (χ4v) is 4.10. The van der Waals surface area contributed by atoms with E-state index in [4.69, 9.17) is 9.47 Å². The van der Waals surface area contributed by atoms with Gasteiger partial charge in [-0.25, -0.2) is 4.68 Å². The number of pyridine rings is 1. The molecule has 10 heteroatoms. The largest absolute Gasteiger partial charge is 0.493 e. The summed E-state index contributed by atoms with van der Waals surface area (Å²) >= 11 is 0. The van der Waals surface area contributed by atoms with E-state index in [9.17, 15) is 9.59 Å². The van der Waals surface area contributed by atoms with Gasteiger partial charge >= 0.3 is 0 Å². The minimum absolute atomic E-state index is 0.138. The first-order valence-corrected chi connectivity index (χ1v) is 12.3. The molecule has 0 saturated heterocycles. The molecule has 0 bridgehead atoms. The molecule has 0 aliphatic rings. The molecular weight excluding hydrogens is 484 g/mol. The van der Waals surface area contributed by atoms with Crippen molar-refractivity contribution in [3.05, 3.63) is 72.6 Å². The molecule has 0 aliphatic heterocycles. The molecule has 0 unspecified atom stereocenters. The molecule has 0 saturated carbocycles. The summed E-state index contributed by atoms with van der Waals surface area (Å²) in [6.45, 7) is 5.74. The van der Waals surface area contributed by atoms with E-state index in [-0.39, 0.29) is 18.4 Å². The molecule has 38 heavy (non-hydrogen) atoms. The number of carbonyl (C=O) groups excluding carboxylic acids is 2. The van der Waals surface area contributed by atoms with E-state index in [1.165, 1.54) is 23.8 Å². The van der Waals surface area contributed by atoms with Crippen LogP contribution in [0.2, 0.25) is 0 Å². The van der Waals surface area contributed by atoms with E-state index in [0.717, 1.165) is 0 Å². The number of fused-ring (bicyclic) bond motifs is 1. The Bertz CT molecular complexity index is 1420. The van der Waals surface area contributed by atoms with Gasteiger partial charge in [0.2, 0.25) is 11.8 Å². The van der Waals surface area contributed by atoms with Gasteiger partial charge in [-0.05, 0) is 62.2 Å². The maximum Gasteiger partial charge on any atom is 0.249 e. The fourth-order valence-electron chi connectivity index (χ4n) is 4.10. The van der Waals surface area contributed by atoms with Crippen molar-refractivity contribution >= 4 is 28.5 Å². The second kappa shape index (κ2) is 11.3. The van der Waals surface area contributed by atoms with Gasteiger partial charge in [-0.15, -0.1) is 5.10 Å². The zero-order valence-corrected chi connectivity index (χ0v) is 22.2. The number of nitrogens with zero attached hydrogens (tertiary/aromatic N) is 5. The first-order valence-electron chi connectivity index (χ1n) is 12.3. The molecule has 2 aromatic heterocycles. The van der Waals surface area contributed by atoms with Gasteiger partial charge < -0.3 is 14.8 Å². The molecular formula is C28H32N6O4. The lowest BCUT2D eigenvalue weighted by Gasteiger charge is -2.34. The van der Waals surface area contributed by atoms with Crippen LogP contribution in [0.4, 0.5) is 5.69 Å². The van der Waals surface area contributed by atoms with E-state index in [1.807, 2.05) is 45.0 Å². The number of rotatable bonds is 10. The fraction of sp³-hybridized carbons (Fsp3) is 0.321. The summed E-state index contributed by atoms with van der Waals surface area (Å²) in [7, 11) is 3.06. The Hall–Kier alpha value is -4.47. The third-order valence-electron chi connectivity index (χ3n) is 6.49. The molecule has 0 spiro atoms. The van der Waals surface area contributed by atoms with E-state index in [2.05, 4.69) is 20.6 Å². The second-order valence-corrected chi connectivity index (χ2v) is 9.45. The molecule has 2 heterocycles. The molecule has 198 valence electrons. The molecule has 4 aromatic rings. The van der Waals surface area contributed by atoms with Crippen molar-refractivity contribution in [2.45, 2.75) is 45.3 Å². The number of hydrogen-bond donors (Lipinski definition) is 1. The van der Waals surface area contributed by atoms with Crippen LogP contribution >= 0.6 is 0 Å². The molecule has 4 rings (SSSR count). The Kier molecular flexibility index (Phi) is 7.90. The highest BCUT2D eigenvalue weighted by Crippen LogP contribution is 2.36. The van der Waals surface area contributed by atoms with Crippen LogP contribution in [0, 0.1) is 0 Å². The summed E-state index contributed by atoms with van der Waals surface area (Å²) < 4.78 is 12.4. The highest BCUT2D eigenvalue weighted by molar-refractivity contribution is 6.02. The highest BCUT2D eigenvalue weighted by atomic mass is 16.5. The van der Waals surface area contributed by atoms with Gasteiger partial charge in [-0.1, -0.05) is 24.3 Å². The number of para-hydroxylation sites is 1. The average molecular weight is 517 g/mol. The first kappa shape index (κ1) is 26.6. The normalized spacial score (nSPS) is 12.1. The minimum Gasteiger partial charge on any atom is -0.493 e. The Labute approximate surface area is 221 Å². The van der Waals surface area contributed by atoms with Gasteiger partial charge in [-0.2, -0.15) is 0 Å². The minimum atomic E-state index is -0.996. The summed E-state index contributed by atoms with van der Waals surface area (Å²) in [4.78, 5) is 33.6. The second-order valence-electron chi connectivity index (χ2n) is 9.45. The number of nitrogens with one attached hydrogen (secondary N) is 1. The molecule has 1 atom stereocenters. The lowest BCUT2D eigenvalue weighted by Crippen LogP contribution is -2.51. The van der Waals surface area contributed by atoms with Crippen LogP contribution in [-0.4, -0.2) is 51.6 Å². The Morgan fingerprint density at radius 2 is 1.74 bits per heavy atom. The first-order chi connectivity index (χ1) is 18.3. The summed E-state index contributed by atoms with van der Waals surface area (Å²) in [5.74, 6) is 0.244. The molecule has 0 fully saturated rings. The van der Waals surface area contributed by atoms with Gasteiger partial charge in [-0.3, -0.25) is 19.5 Å². The van der Waals surface area contributed by atoms with Crippen molar-refractivity contribution in [2.24, 2.45) is 0 Å². The molecule has 1 N–H and O–H groups in total. The SMILES string of the molecule is CCC(C)(C)NC(=O)[C@H](c1ccncc1)N(C(=O)Cn1nnc2ccccc21)c1ccc(OC)c(OC)c1. The van der Waals surface area contributed by atoms with Crippen LogP contribution in [0.1, 0.15) is 38.8 Å². The van der Waals surface area contributed by atoms with Crippen LogP contribution in [0.3, 0.4) is 0 Å². The van der Waals surface area contributed by atoms with Crippen molar-refractivity contribution in [2.75, 3.05) is 19.1 Å². The van der Waals surface area contributed by atoms with Gasteiger partial charge in [0, 0.05) is 29.7 Å². The molecule has 2 aromatic carbocycles. The monoisotopic (exact) mass is 516 g/mol. The molecule has 2 amide bonds. The van der Waals surface area contributed by atoms with Crippen LogP contribution in [0.5, 0.6) is 11.5 Å². The summed E-state index contributed by atoms with van der Waals surface area (Å²) in [5, 5.41) is 11.5. The highest BCUT2D eigenvalue weighted by Gasteiger charge is 2.35. The van der Waals surface area contributed by atoms with E-state index >= 15 is 0 Å². The van der Waals surface area contributed by atoms with Crippen molar-refractivity contribution in [3.63, 3.8) is 0 Å². The number of methoxy groups -OCH3 is 2. The maximum atomic E-state index is 14.1. The number of benzene rings is 2. The van der Waals surface area contributed by atoms with Crippen molar-refractivity contribution in [3.8, 4) is 11.5 Å². The summed E-state index contributed by atoms with van der Waals surface area (Å²) in [6.07, 6.45) is 3.91. The number of hydrogen-bond acceptors (Lipinski definition) is 7. The number of carbonyl (C=O) groups is 2. The quantitative estimate of drug-likeness (QED) is 0.340. The van der Waals surface area contributed by atoms with E-state index in [0.29, 0.717) is 40.2 Å². The standard InChI is InChI=1S/C28H32N6O4/c1-6-28(2,3)30-27(36)26(19-13-15-29-16-14-19)34(20-11-12-23(37-4)24(17-20)38-5)25(35)18-33-22-10-8-7-9-21(22)31-32-33/h7-17,26H,6,18H2,1-5H3,(H,30,36)/t26-/m0/s1. The summed E-state index contributed by atoms with van der Waals surface area (Å²) in [6, 6.07) is 15.0. The summed E-state index contributed by atoms with van der Waals surface area (Å²) in [5.41, 5.74) is 1.96.